The molecule has 0 bridgehead atoms. The monoisotopic (exact) mass is 412 g/mol. The van der Waals surface area contributed by atoms with Gasteiger partial charge in [0, 0.05) is 0 Å². The summed E-state index contributed by atoms with van der Waals surface area (Å²) in [6, 6.07) is 20.3. The Morgan fingerprint density at radius 3 is 1.60 bits per heavy atom. The van der Waals surface area contributed by atoms with Gasteiger partial charge in [-0.25, -0.2) is 9.59 Å². The van der Waals surface area contributed by atoms with E-state index in [9.17, 15) is 4.79 Å². The van der Waals surface area contributed by atoms with Crippen molar-refractivity contribution in [2.75, 3.05) is 19.6 Å². The first-order valence-electron chi connectivity index (χ1n) is 10.0. The molecule has 1 aliphatic rings. The maximum Gasteiger partial charge on any atom is 0.414 e. The third kappa shape index (κ3) is 8.05. The fourth-order valence-corrected chi connectivity index (χ4v) is 3.35. The summed E-state index contributed by atoms with van der Waals surface area (Å²) in [4.78, 5) is 33.1. The molecule has 160 valence electrons. The summed E-state index contributed by atoms with van der Waals surface area (Å²) in [6.07, 6.45) is 4.98. The third-order valence-corrected chi connectivity index (χ3v) is 4.82. The molecule has 7 nitrogen and oxygen atoms in total. The van der Waals surface area contributed by atoms with Crippen molar-refractivity contribution in [3.63, 3.8) is 0 Å². The lowest BCUT2D eigenvalue weighted by Crippen LogP contribution is -2.39. The second-order valence-corrected chi connectivity index (χ2v) is 7.12. The number of rotatable bonds is 5. The lowest BCUT2D eigenvalue weighted by molar-refractivity contribution is -0.159. The Morgan fingerprint density at radius 2 is 1.20 bits per heavy atom. The van der Waals surface area contributed by atoms with E-state index in [2.05, 4.69) is 34.5 Å². The van der Waals surface area contributed by atoms with Gasteiger partial charge in [0.05, 0.1) is 12.6 Å². The summed E-state index contributed by atoms with van der Waals surface area (Å²) in [6.45, 7) is 2.57. The highest BCUT2D eigenvalue weighted by atomic mass is 16.4. The van der Waals surface area contributed by atoms with Gasteiger partial charge in [0.25, 0.3) is 0 Å². The Balaban J connectivity index is 0.000000469. The summed E-state index contributed by atoms with van der Waals surface area (Å²) in [7, 11) is 0. The average Bonchev–Trinajstić information content (AvgIpc) is 3.02. The molecule has 0 aromatic heterocycles. The Hall–Kier alpha value is -3.19. The molecule has 0 aliphatic carbocycles. The number of benzene rings is 2. The van der Waals surface area contributed by atoms with Crippen LogP contribution in [0.5, 0.6) is 0 Å². The number of carbonyl (C=O) groups excluding carboxylic acids is 1. The molecule has 2 aromatic rings. The summed E-state index contributed by atoms with van der Waals surface area (Å²) >= 11 is 0. The summed E-state index contributed by atoms with van der Waals surface area (Å²) in [5.74, 6) is -3.54. The fraction of sp³-hybridized carbons (Fsp3) is 0.348. The number of carbonyl (C=O) groups is 3. The molecule has 1 amide bonds. The number of carboxylic acids is 2. The molecule has 7 heteroatoms. The molecule has 1 heterocycles. The van der Waals surface area contributed by atoms with E-state index in [1.807, 2.05) is 36.4 Å². The van der Waals surface area contributed by atoms with Crippen molar-refractivity contribution in [3.05, 3.63) is 71.8 Å². The van der Waals surface area contributed by atoms with Crippen LogP contribution < -0.4 is 5.32 Å². The molecule has 2 aromatic carbocycles. The van der Waals surface area contributed by atoms with Crippen molar-refractivity contribution in [1.82, 2.24) is 10.2 Å². The zero-order chi connectivity index (χ0) is 21.8. The van der Waals surface area contributed by atoms with Crippen molar-refractivity contribution in [2.24, 2.45) is 0 Å². The summed E-state index contributed by atoms with van der Waals surface area (Å²) in [5, 5.41) is 18.0. The van der Waals surface area contributed by atoms with Crippen molar-refractivity contribution in [3.8, 4) is 0 Å². The number of likely N-dealkylation sites (tertiary alicyclic amines) is 1. The van der Waals surface area contributed by atoms with Crippen molar-refractivity contribution < 1.29 is 24.6 Å². The van der Waals surface area contributed by atoms with Gasteiger partial charge >= 0.3 is 11.9 Å². The van der Waals surface area contributed by atoms with E-state index in [-0.39, 0.29) is 11.9 Å². The maximum atomic E-state index is 12.6. The zero-order valence-corrected chi connectivity index (χ0v) is 16.9. The molecular formula is C23H28N2O5. The number of nitrogens with zero attached hydrogens (tertiary/aromatic N) is 1. The minimum atomic E-state index is -1.82. The highest BCUT2D eigenvalue weighted by molar-refractivity contribution is 6.27. The summed E-state index contributed by atoms with van der Waals surface area (Å²) in [5.41, 5.74) is 2.24. The van der Waals surface area contributed by atoms with Crippen LogP contribution in [-0.2, 0) is 14.4 Å². The van der Waals surface area contributed by atoms with Gasteiger partial charge in [0.15, 0.2) is 0 Å². The highest BCUT2D eigenvalue weighted by Crippen LogP contribution is 2.21. The molecule has 30 heavy (non-hydrogen) atoms. The molecule has 0 radical (unpaired) electrons. The average molecular weight is 412 g/mol. The molecule has 1 saturated heterocycles. The molecule has 3 N–H and O–H groups in total. The maximum absolute atomic E-state index is 12.6. The zero-order valence-electron chi connectivity index (χ0n) is 16.9. The van der Waals surface area contributed by atoms with E-state index in [1.54, 1.807) is 0 Å². The molecule has 3 rings (SSSR count). The van der Waals surface area contributed by atoms with Gasteiger partial charge < -0.3 is 15.5 Å². The number of nitrogens with one attached hydrogen (secondary N) is 1. The summed E-state index contributed by atoms with van der Waals surface area (Å²) < 4.78 is 0. The van der Waals surface area contributed by atoms with Crippen LogP contribution in [0, 0.1) is 0 Å². The normalized spacial score (nSPS) is 14.2. The molecule has 0 atom stereocenters. The van der Waals surface area contributed by atoms with Crippen LogP contribution in [0.15, 0.2) is 60.7 Å². The van der Waals surface area contributed by atoms with E-state index >= 15 is 0 Å². The largest absolute Gasteiger partial charge is 0.473 e. The first kappa shape index (κ1) is 23.1. The van der Waals surface area contributed by atoms with Crippen LogP contribution in [0.2, 0.25) is 0 Å². The quantitative estimate of drug-likeness (QED) is 0.652. The smallest absolute Gasteiger partial charge is 0.414 e. The molecule has 1 fully saturated rings. The predicted molar refractivity (Wildman–Crippen MR) is 113 cm³/mol. The lowest BCUT2D eigenvalue weighted by Gasteiger charge is -2.23. The number of hydrogen-bond donors (Lipinski definition) is 3. The van der Waals surface area contributed by atoms with Crippen molar-refractivity contribution in [2.45, 2.75) is 31.7 Å². The van der Waals surface area contributed by atoms with E-state index in [1.165, 1.54) is 25.7 Å². The van der Waals surface area contributed by atoms with Gasteiger partial charge in [-0.2, -0.15) is 0 Å². The van der Waals surface area contributed by atoms with Crippen LogP contribution in [0.25, 0.3) is 0 Å². The molecule has 0 saturated carbocycles. The topological polar surface area (TPSA) is 107 Å². The minimum absolute atomic E-state index is 0.0909. The van der Waals surface area contributed by atoms with Crippen LogP contribution in [0.3, 0.4) is 0 Å². The fourth-order valence-electron chi connectivity index (χ4n) is 3.35. The molecule has 0 unspecified atom stereocenters. The Morgan fingerprint density at radius 1 is 0.767 bits per heavy atom. The Bertz CT molecular complexity index is 751. The third-order valence-electron chi connectivity index (χ3n) is 4.82. The van der Waals surface area contributed by atoms with E-state index < -0.39 is 11.9 Å². The standard InChI is InChI=1S/C21H26N2O.C2H2O4/c24-20(17-23-15-9-1-2-10-16-23)22-21(18-11-5-3-6-12-18)19-13-7-4-8-14-19;3-1(4)2(5)6/h3-8,11-14,21H,1-2,9-10,15-17H2,(H,22,24);(H,3,4)(H,5,6). The van der Waals surface area contributed by atoms with Gasteiger partial charge in [-0.1, -0.05) is 73.5 Å². The van der Waals surface area contributed by atoms with Crippen molar-refractivity contribution >= 4 is 17.8 Å². The number of hydrogen-bond acceptors (Lipinski definition) is 4. The Labute approximate surface area is 176 Å². The first-order valence-corrected chi connectivity index (χ1v) is 10.0. The molecule has 1 aliphatic heterocycles. The van der Waals surface area contributed by atoms with Gasteiger partial charge in [-0.05, 0) is 37.1 Å². The van der Waals surface area contributed by atoms with Gasteiger partial charge in [-0.3, -0.25) is 9.69 Å². The van der Waals surface area contributed by atoms with Gasteiger partial charge in [0.2, 0.25) is 5.91 Å². The van der Waals surface area contributed by atoms with Crippen LogP contribution in [0.1, 0.15) is 42.9 Å². The van der Waals surface area contributed by atoms with E-state index in [0.29, 0.717) is 6.54 Å². The first-order chi connectivity index (χ1) is 14.5. The van der Waals surface area contributed by atoms with Crippen molar-refractivity contribution in [1.29, 1.82) is 0 Å². The Kier molecular flexibility index (Phi) is 9.54. The minimum Gasteiger partial charge on any atom is -0.473 e. The highest BCUT2D eigenvalue weighted by Gasteiger charge is 2.19. The number of carboxylic acid groups (broad SMARTS) is 2. The van der Waals surface area contributed by atoms with E-state index in [0.717, 1.165) is 24.2 Å². The molecular weight excluding hydrogens is 384 g/mol. The molecule has 0 spiro atoms. The lowest BCUT2D eigenvalue weighted by atomic mass is 9.99. The van der Waals surface area contributed by atoms with Crippen LogP contribution in [-0.4, -0.2) is 52.6 Å². The number of aliphatic carboxylic acids is 2. The van der Waals surface area contributed by atoms with Crippen LogP contribution >= 0.6 is 0 Å². The predicted octanol–water partition coefficient (Wildman–Crippen LogP) is 2.92. The second kappa shape index (κ2) is 12.4. The van der Waals surface area contributed by atoms with Gasteiger partial charge in [0.1, 0.15) is 0 Å². The van der Waals surface area contributed by atoms with E-state index in [4.69, 9.17) is 19.8 Å². The SMILES string of the molecule is O=C(CN1CCCCCC1)NC(c1ccccc1)c1ccccc1.O=C(O)C(=O)O. The number of amides is 1. The van der Waals surface area contributed by atoms with Crippen LogP contribution in [0.4, 0.5) is 0 Å². The second-order valence-electron chi connectivity index (χ2n) is 7.12. The van der Waals surface area contributed by atoms with Gasteiger partial charge in [-0.15, -0.1) is 0 Å².